The Bertz CT molecular complexity index is 1160. The fourth-order valence-corrected chi connectivity index (χ4v) is 3.72. The van der Waals surface area contributed by atoms with Crippen molar-refractivity contribution >= 4 is 0 Å². The van der Waals surface area contributed by atoms with E-state index in [0.717, 1.165) is 23.1 Å². The van der Waals surface area contributed by atoms with Gasteiger partial charge in [0.25, 0.3) is 0 Å². The minimum atomic E-state index is -0.698. The molecule has 3 rings (SSSR count). The van der Waals surface area contributed by atoms with Crippen LogP contribution < -0.4 is 0 Å². The molecular formula is C32H32F2. The molecule has 0 aromatic heterocycles. The van der Waals surface area contributed by atoms with Crippen LogP contribution in [0.15, 0.2) is 60.7 Å². The molecule has 34 heavy (non-hydrogen) atoms. The topological polar surface area (TPSA) is 0 Å². The summed E-state index contributed by atoms with van der Waals surface area (Å²) < 4.78 is 29.0. The molecule has 0 nitrogen and oxygen atoms in total. The summed E-state index contributed by atoms with van der Waals surface area (Å²) in [6.45, 7) is 4.23. The van der Waals surface area contributed by atoms with Crippen molar-refractivity contribution in [2.75, 3.05) is 0 Å². The quantitative estimate of drug-likeness (QED) is 0.237. The Balaban J connectivity index is 1.58. The van der Waals surface area contributed by atoms with Gasteiger partial charge in [-0.15, -0.1) is 0 Å². The Labute approximate surface area is 203 Å². The molecule has 0 bridgehead atoms. The highest BCUT2D eigenvalue weighted by Crippen LogP contribution is 2.15. The van der Waals surface area contributed by atoms with E-state index in [1.54, 1.807) is 0 Å². The Kier molecular flexibility index (Phi) is 9.94. The fourth-order valence-electron chi connectivity index (χ4n) is 3.72. The third-order valence-electron chi connectivity index (χ3n) is 5.80. The van der Waals surface area contributed by atoms with Gasteiger partial charge in [-0.25, -0.2) is 8.78 Å². The lowest BCUT2D eigenvalue weighted by Gasteiger charge is -2.03. The standard InChI is InChI=1S/C32H32F2/c1-3-4-5-6-7-8-9-10-26-15-17-28(18-16-26)21-22-30-31(33)23-29(24-32(30)34)20-19-27-13-11-25(2)12-14-27/h11-18,23-24H,3-10H2,1-2H3. The van der Waals surface area contributed by atoms with Crippen LogP contribution in [0.25, 0.3) is 0 Å². The summed E-state index contributed by atoms with van der Waals surface area (Å²) in [5.41, 5.74) is 4.00. The Hall–Kier alpha value is -3.36. The van der Waals surface area contributed by atoms with Crippen molar-refractivity contribution in [2.24, 2.45) is 0 Å². The molecule has 0 aliphatic rings. The number of unbranched alkanes of at least 4 members (excludes halogenated alkanes) is 6. The highest BCUT2D eigenvalue weighted by Gasteiger charge is 2.08. The second-order valence-corrected chi connectivity index (χ2v) is 8.75. The van der Waals surface area contributed by atoms with Crippen molar-refractivity contribution in [1.82, 2.24) is 0 Å². The van der Waals surface area contributed by atoms with Gasteiger partial charge < -0.3 is 0 Å². The van der Waals surface area contributed by atoms with Crippen molar-refractivity contribution in [2.45, 2.75) is 65.2 Å². The number of hydrogen-bond donors (Lipinski definition) is 0. The molecule has 0 heterocycles. The van der Waals surface area contributed by atoms with Crippen molar-refractivity contribution in [3.63, 3.8) is 0 Å². The first kappa shape index (κ1) is 25.3. The van der Waals surface area contributed by atoms with Gasteiger partial charge in [0.1, 0.15) is 11.6 Å². The number of hydrogen-bond acceptors (Lipinski definition) is 0. The SMILES string of the molecule is CCCCCCCCCc1ccc(C#Cc2c(F)cc(C#Cc3ccc(C)cc3)cc2F)cc1. The molecule has 0 aliphatic carbocycles. The van der Waals surface area contributed by atoms with Gasteiger partial charge in [-0.3, -0.25) is 0 Å². The molecule has 0 saturated carbocycles. The van der Waals surface area contributed by atoms with Gasteiger partial charge in [-0.05, 0) is 61.7 Å². The van der Waals surface area contributed by atoms with Crippen molar-refractivity contribution < 1.29 is 8.78 Å². The second-order valence-electron chi connectivity index (χ2n) is 8.75. The number of rotatable bonds is 8. The summed E-state index contributed by atoms with van der Waals surface area (Å²) in [6.07, 6.45) is 10.1. The molecule has 0 unspecified atom stereocenters. The zero-order valence-electron chi connectivity index (χ0n) is 20.2. The zero-order chi connectivity index (χ0) is 24.2. The van der Waals surface area contributed by atoms with E-state index >= 15 is 0 Å². The van der Waals surface area contributed by atoms with E-state index in [2.05, 4.69) is 42.7 Å². The molecule has 0 saturated heterocycles. The molecule has 0 atom stereocenters. The zero-order valence-corrected chi connectivity index (χ0v) is 20.2. The van der Waals surface area contributed by atoms with E-state index in [1.807, 2.05) is 43.3 Å². The molecule has 0 radical (unpaired) electrons. The number of benzene rings is 3. The van der Waals surface area contributed by atoms with Crippen molar-refractivity contribution in [1.29, 1.82) is 0 Å². The summed E-state index contributed by atoms with van der Waals surface area (Å²) in [5.74, 6) is 9.90. The first-order valence-electron chi connectivity index (χ1n) is 12.2. The molecule has 3 aromatic rings. The molecule has 174 valence electrons. The van der Waals surface area contributed by atoms with Gasteiger partial charge in [0.15, 0.2) is 0 Å². The van der Waals surface area contributed by atoms with Gasteiger partial charge in [0.05, 0.1) is 5.56 Å². The maximum Gasteiger partial charge on any atom is 0.143 e. The average molecular weight is 455 g/mol. The lowest BCUT2D eigenvalue weighted by molar-refractivity contribution is 0.577. The van der Waals surface area contributed by atoms with Gasteiger partial charge in [0.2, 0.25) is 0 Å². The maximum absolute atomic E-state index is 14.5. The molecule has 0 spiro atoms. The highest BCUT2D eigenvalue weighted by molar-refractivity contribution is 5.49. The average Bonchev–Trinajstić information content (AvgIpc) is 2.83. The first-order valence-corrected chi connectivity index (χ1v) is 12.2. The third kappa shape index (κ3) is 8.20. The molecule has 0 fully saturated rings. The summed E-state index contributed by atoms with van der Waals surface area (Å²) >= 11 is 0. The van der Waals surface area contributed by atoms with Gasteiger partial charge >= 0.3 is 0 Å². The molecule has 0 N–H and O–H groups in total. The Morgan fingerprint density at radius 2 is 1.09 bits per heavy atom. The Morgan fingerprint density at radius 1 is 0.588 bits per heavy atom. The second kappa shape index (κ2) is 13.4. The van der Waals surface area contributed by atoms with Crippen molar-refractivity contribution in [3.05, 3.63) is 106 Å². The molecular weight excluding hydrogens is 422 g/mol. The summed E-state index contributed by atoms with van der Waals surface area (Å²) in [4.78, 5) is 0. The first-order chi connectivity index (χ1) is 16.5. The van der Waals surface area contributed by atoms with Crippen molar-refractivity contribution in [3.8, 4) is 23.7 Å². The van der Waals surface area contributed by atoms with Gasteiger partial charge in [-0.2, -0.15) is 0 Å². The molecule has 0 amide bonds. The Morgan fingerprint density at radius 3 is 1.71 bits per heavy atom. The van der Waals surface area contributed by atoms with Crippen LogP contribution in [0.4, 0.5) is 8.78 Å². The third-order valence-corrected chi connectivity index (χ3v) is 5.80. The van der Waals surface area contributed by atoms with Gasteiger partial charge in [-0.1, -0.05) is 99.0 Å². The summed E-state index contributed by atoms with van der Waals surface area (Å²) in [7, 11) is 0. The normalized spacial score (nSPS) is 10.2. The van der Waals surface area contributed by atoms with E-state index in [9.17, 15) is 8.78 Å². The number of halogens is 2. The predicted octanol–water partition coefficient (Wildman–Crippen LogP) is 8.37. The van der Waals surface area contributed by atoms with Crippen LogP contribution in [-0.4, -0.2) is 0 Å². The minimum absolute atomic E-state index is 0.229. The fraction of sp³-hybridized carbons (Fsp3) is 0.312. The predicted molar refractivity (Wildman–Crippen MR) is 138 cm³/mol. The van der Waals surface area contributed by atoms with Crippen LogP contribution in [0, 0.1) is 42.2 Å². The summed E-state index contributed by atoms with van der Waals surface area (Å²) in [6, 6.07) is 18.1. The van der Waals surface area contributed by atoms with E-state index in [4.69, 9.17) is 0 Å². The lowest BCUT2D eigenvalue weighted by Crippen LogP contribution is -1.93. The van der Waals surface area contributed by atoms with Crippen LogP contribution in [0.1, 0.15) is 85.3 Å². The molecule has 0 aliphatic heterocycles. The smallest absolute Gasteiger partial charge is 0.143 e. The minimum Gasteiger partial charge on any atom is -0.205 e. The van der Waals surface area contributed by atoms with Crippen LogP contribution >= 0.6 is 0 Å². The van der Waals surface area contributed by atoms with E-state index in [0.29, 0.717) is 0 Å². The maximum atomic E-state index is 14.5. The van der Waals surface area contributed by atoms with Crippen LogP contribution in [0.2, 0.25) is 0 Å². The molecule has 3 aromatic carbocycles. The molecule has 2 heteroatoms. The van der Waals surface area contributed by atoms with E-state index in [-0.39, 0.29) is 11.1 Å². The summed E-state index contributed by atoms with van der Waals surface area (Å²) in [5, 5.41) is 0. The lowest BCUT2D eigenvalue weighted by atomic mass is 10.0. The number of aryl methyl sites for hydroxylation is 2. The van der Waals surface area contributed by atoms with Crippen LogP contribution in [0.5, 0.6) is 0 Å². The van der Waals surface area contributed by atoms with E-state index in [1.165, 1.54) is 62.6 Å². The monoisotopic (exact) mass is 454 g/mol. The van der Waals surface area contributed by atoms with E-state index < -0.39 is 11.6 Å². The van der Waals surface area contributed by atoms with Crippen LogP contribution in [0.3, 0.4) is 0 Å². The van der Waals surface area contributed by atoms with Crippen LogP contribution in [-0.2, 0) is 6.42 Å². The van der Waals surface area contributed by atoms with Gasteiger partial charge in [0, 0.05) is 16.7 Å². The largest absolute Gasteiger partial charge is 0.205 e. The highest BCUT2D eigenvalue weighted by atomic mass is 19.1.